The van der Waals surface area contributed by atoms with Crippen molar-refractivity contribution in [3.8, 4) is 0 Å². The zero-order valence-electron chi connectivity index (χ0n) is 11.4. The third kappa shape index (κ3) is 5.27. The highest BCUT2D eigenvalue weighted by Gasteiger charge is 2.21. The lowest BCUT2D eigenvalue weighted by atomic mass is 10.2. The Balaban J connectivity index is 2.58. The molecule has 0 bridgehead atoms. The number of aliphatic carboxylic acids is 1. The molecule has 118 valence electrons. The quantitative estimate of drug-likeness (QED) is 0.755. The van der Waals surface area contributed by atoms with Gasteiger partial charge in [0.15, 0.2) is 0 Å². The first-order valence-corrected chi connectivity index (χ1v) is 8.53. The van der Waals surface area contributed by atoms with Crippen molar-refractivity contribution in [2.75, 3.05) is 20.1 Å². The van der Waals surface area contributed by atoms with E-state index in [0.29, 0.717) is 4.34 Å². The summed E-state index contributed by atoms with van der Waals surface area (Å²) in [5, 5.41) is 8.76. The summed E-state index contributed by atoms with van der Waals surface area (Å²) in [5.74, 6) is -2.27. The van der Waals surface area contributed by atoms with Gasteiger partial charge in [-0.1, -0.05) is 18.5 Å². The van der Waals surface area contributed by atoms with Gasteiger partial charge in [-0.05, 0) is 12.1 Å². The maximum atomic E-state index is 11.9. The fourth-order valence-electron chi connectivity index (χ4n) is 1.40. The van der Waals surface area contributed by atoms with Crippen molar-refractivity contribution in [1.82, 2.24) is 9.62 Å². The summed E-state index contributed by atoms with van der Waals surface area (Å²) < 4.78 is 26.3. The monoisotopic (exact) mass is 354 g/mol. The van der Waals surface area contributed by atoms with Crippen LogP contribution in [0.2, 0.25) is 4.34 Å². The van der Waals surface area contributed by atoms with Crippen molar-refractivity contribution in [2.24, 2.45) is 5.92 Å². The molecule has 0 aromatic carbocycles. The Hall–Kier alpha value is -1.16. The Labute approximate surface area is 131 Å². The molecule has 1 heterocycles. The lowest BCUT2D eigenvalue weighted by Crippen LogP contribution is -2.40. The van der Waals surface area contributed by atoms with E-state index in [2.05, 4.69) is 4.72 Å². The van der Waals surface area contributed by atoms with Crippen LogP contribution < -0.4 is 4.72 Å². The molecule has 1 aromatic heterocycles. The first-order chi connectivity index (χ1) is 9.63. The summed E-state index contributed by atoms with van der Waals surface area (Å²) in [6.45, 7) is 1.02. The Morgan fingerprint density at radius 2 is 2.10 bits per heavy atom. The van der Waals surface area contributed by atoms with Gasteiger partial charge in [0.25, 0.3) is 10.0 Å². The van der Waals surface area contributed by atoms with Crippen LogP contribution in [-0.4, -0.2) is 50.4 Å². The van der Waals surface area contributed by atoms with E-state index in [4.69, 9.17) is 16.7 Å². The second kappa shape index (κ2) is 7.21. The Kier molecular flexibility index (Phi) is 6.14. The fourth-order valence-corrected chi connectivity index (χ4v) is 3.90. The second-order valence-corrected chi connectivity index (χ2v) is 8.11. The smallest absolute Gasteiger partial charge is 0.308 e. The third-order valence-electron chi connectivity index (χ3n) is 2.62. The van der Waals surface area contributed by atoms with E-state index < -0.39 is 34.4 Å². The highest BCUT2D eigenvalue weighted by atomic mass is 35.5. The van der Waals surface area contributed by atoms with Crippen LogP contribution in [0.15, 0.2) is 16.3 Å². The number of carboxylic acids is 1. The van der Waals surface area contributed by atoms with Crippen LogP contribution in [-0.2, 0) is 19.6 Å². The number of carbonyl (C=O) groups excluding carboxylic acids is 1. The minimum absolute atomic E-state index is 0.000719. The van der Waals surface area contributed by atoms with Gasteiger partial charge in [0.05, 0.1) is 16.8 Å². The van der Waals surface area contributed by atoms with E-state index in [9.17, 15) is 18.0 Å². The molecule has 0 spiro atoms. The van der Waals surface area contributed by atoms with Gasteiger partial charge in [-0.2, -0.15) is 0 Å². The number of likely N-dealkylation sites (N-methyl/N-ethyl adjacent to an activating group) is 1. The molecule has 1 unspecified atom stereocenters. The third-order valence-corrected chi connectivity index (χ3v) is 5.75. The number of carboxylic acid groups (broad SMARTS) is 1. The van der Waals surface area contributed by atoms with Crippen molar-refractivity contribution < 1.29 is 23.1 Å². The molecule has 0 radical (unpaired) electrons. The predicted octanol–water partition coefficient (Wildman–Crippen LogP) is 0.859. The van der Waals surface area contributed by atoms with Gasteiger partial charge < -0.3 is 10.0 Å². The van der Waals surface area contributed by atoms with Crippen LogP contribution in [0, 0.1) is 5.92 Å². The topological polar surface area (TPSA) is 104 Å². The molecule has 10 heteroatoms. The van der Waals surface area contributed by atoms with Gasteiger partial charge in [-0.3, -0.25) is 9.59 Å². The maximum absolute atomic E-state index is 11.9. The first-order valence-electron chi connectivity index (χ1n) is 5.85. The number of carbonyl (C=O) groups is 2. The standard InChI is InChI=1S/C11H15ClN2O5S2/c1-7(11(16)17)6-14(2)9(15)5-13-21(18,19)10-4-3-8(12)20-10/h3-4,7,13H,5-6H2,1-2H3,(H,16,17). The SMILES string of the molecule is CC(CN(C)C(=O)CNS(=O)(=O)c1ccc(Cl)s1)C(=O)O. The molecule has 1 rings (SSSR count). The van der Waals surface area contributed by atoms with E-state index in [1.165, 1.54) is 31.0 Å². The molecule has 2 N–H and O–H groups in total. The number of thiophene rings is 1. The summed E-state index contributed by atoms with van der Waals surface area (Å²) in [6.07, 6.45) is 0. The summed E-state index contributed by atoms with van der Waals surface area (Å²) >= 11 is 6.54. The minimum atomic E-state index is -3.79. The van der Waals surface area contributed by atoms with Gasteiger partial charge in [0.2, 0.25) is 5.91 Å². The van der Waals surface area contributed by atoms with Crippen LogP contribution in [0.25, 0.3) is 0 Å². The number of halogens is 1. The molecule has 0 aliphatic heterocycles. The molecule has 7 nitrogen and oxygen atoms in total. The van der Waals surface area contributed by atoms with Crippen LogP contribution in [0.4, 0.5) is 0 Å². The molecule has 0 saturated carbocycles. The van der Waals surface area contributed by atoms with Gasteiger partial charge in [0.1, 0.15) is 4.21 Å². The van der Waals surface area contributed by atoms with E-state index in [1.807, 2.05) is 0 Å². The largest absolute Gasteiger partial charge is 0.481 e. The van der Waals surface area contributed by atoms with E-state index in [1.54, 1.807) is 0 Å². The second-order valence-electron chi connectivity index (χ2n) is 4.40. The zero-order chi connectivity index (χ0) is 16.2. The van der Waals surface area contributed by atoms with Crippen LogP contribution in [0.3, 0.4) is 0 Å². The number of sulfonamides is 1. The molecule has 0 saturated heterocycles. The van der Waals surface area contributed by atoms with Crippen molar-refractivity contribution in [3.63, 3.8) is 0 Å². The van der Waals surface area contributed by atoms with E-state index in [0.717, 1.165) is 11.3 Å². The minimum Gasteiger partial charge on any atom is -0.481 e. The summed E-state index contributed by atoms with van der Waals surface area (Å²) in [4.78, 5) is 23.6. The maximum Gasteiger partial charge on any atom is 0.308 e. The van der Waals surface area contributed by atoms with Crippen molar-refractivity contribution >= 4 is 44.8 Å². The summed E-state index contributed by atoms with van der Waals surface area (Å²) in [5.41, 5.74) is 0. The van der Waals surface area contributed by atoms with E-state index in [-0.39, 0.29) is 10.8 Å². The molecule has 1 atom stereocenters. The zero-order valence-corrected chi connectivity index (χ0v) is 13.8. The number of hydrogen-bond donors (Lipinski definition) is 2. The lowest BCUT2D eigenvalue weighted by molar-refractivity contribution is -0.142. The molecule has 0 fully saturated rings. The Morgan fingerprint density at radius 1 is 1.48 bits per heavy atom. The Morgan fingerprint density at radius 3 is 2.57 bits per heavy atom. The lowest BCUT2D eigenvalue weighted by Gasteiger charge is -2.19. The molecule has 0 aliphatic rings. The predicted molar refractivity (Wildman–Crippen MR) is 79.0 cm³/mol. The Bertz CT molecular complexity index is 628. The number of hydrogen-bond acceptors (Lipinski definition) is 5. The summed E-state index contributed by atoms with van der Waals surface area (Å²) in [7, 11) is -2.38. The van der Waals surface area contributed by atoms with E-state index >= 15 is 0 Å². The number of nitrogens with one attached hydrogen (secondary N) is 1. The van der Waals surface area contributed by atoms with Gasteiger partial charge >= 0.3 is 5.97 Å². The average molecular weight is 355 g/mol. The molecule has 1 amide bonds. The number of rotatable bonds is 7. The highest BCUT2D eigenvalue weighted by molar-refractivity contribution is 7.91. The van der Waals surface area contributed by atoms with Crippen molar-refractivity contribution in [1.29, 1.82) is 0 Å². The molecule has 0 aliphatic carbocycles. The van der Waals surface area contributed by atoms with Crippen LogP contribution in [0.5, 0.6) is 0 Å². The normalized spacial score (nSPS) is 12.9. The first kappa shape index (κ1) is 17.9. The number of amides is 1. The van der Waals surface area contributed by atoms with Gasteiger partial charge in [-0.15, -0.1) is 11.3 Å². The van der Waals surface area contributed by atoms with Crippen molar-refractivity contribution in [2.45, 2.75) is 11.1 Å². The van der Waals surface area contributed by atoms with Gasteiger partial charge in [0, 0.05) is 13.6 Å². The molecule has 21 heavy (non-hydrogen) atoms. The fraction of sp³-hybridized carbons (Fsp3) is 0.455. The van der Waals surface area contributed by atoms with Crippen LogP contribution >= 0.6 is 22.9 Å². The van der Waals surface area contributed by atoms with Crippen molar-refractivity contribution in [3.05, 3.63) is 16.5 Å². The average Bonchev–Trinajstić information content (AvgIpc) is 2.83. The summed E-state index contributed by atoms with van der Waals surface area (Å²) in [6, 6.07) is 2.79. The molecular weight excluding hydrogens is 340 g/mol. The highest BCUT2D eigenvalue weighted by Crippen LogP contribution is 2.25. The molecular formula is C11H15ClN2O5S2. The van der Waals surface area contributed by atoms with Gasteiger partial charge in [-0.25, -0.2) is 13.1 Å². The van der Waals surface area contributed by atoms with Crippen LogP contribution in [0.1, 0.15) is 6.92 Å². The molecule has 1 aromatic rings. The number of nitrogens with zero attached hydrogens (tertiary/aromatic N) is 1.